The number of phenols is 1. The summed E-state index contributed by atoms with van der Waals surface area (Å²) in [6.07, 6.45) is 6.49. The van der Waals surface area contributed by atoms with E-state index in [1.807, 2.05) is 43.1 Å². The average Bonchev–Trinajstić information content (AvgIpc) is 2.90. The summed E-state index contributed by atoms with van der Waals surface area (Å²) in [6.45, 7) is 5.61. The average molecular weight is 257 g/mol. The summed E-state index contributed by atoms with van der Waals surface area (Å²) in [5, 5.41) is 9.82. The van der Waals surface area contributed by atoms with Gasteiger partial charge in [-0.05, 0) is 32.4 Å². The van der Waals surface area contributed by atoms with Crippen molar-refractivity contribution < 1.29 is 5.11 Å². The third kappa shape index (κ3) is 3.68. The van der Waals surface area contributed by atoms with Gasteiger partial charge in [-0.3, -0.25) is 4.99 Å². The Balaban J connectivity index is 1.93. The van der Waals surface area contributed by atoms with Crippen LogP contribution in [0.15, 0.2) is 41.9 Å². The fraction of sp³-hybridized carbons (Fsp3) is 0.333. The summed E-state index contributed by atoms with van der Waals surface area (Å²) in [5.41, 5.74) is 2.83. The largest absolute Gasteiger partial charge is 0.507 e. The summed E-state index contributed by atoms with van der Waals surface area (Å²) < 4.78 is 2.04. The molecule has 4 heteroatoms. The number of aryl methyl sites for hydroxylation is 2. The first-order chi connectivity index (χ1) is 9.16. The number of hydrogen-bond donors (Lipinski definition) is 1. The van der Waals surface area contributed by atoms with Crippen molar-refractivity contribution in [3.63, 3.8) is 0 Å². The molecule has 1 aromatic carbocycles. The summed E-state index contributed by atoms with van der Waals surface area (Å²) in [4.78, 5) is 8.52. The van der Waals surface area contributed by atoms with Gasteiger partial charge in [0.05, 0.1) is 6.33 Å². The summed E-state index contributed by atoms with van der Waals surface area (Å²) in [6, 6.07) is 5.57. The van der Waals surface area contributed by atoms with Crippen LogP contribution in [0, 0.1) is 6.92 Å². The van der Waals surface area contributed by atoms with Crippen LogP contribution in [0.2, 0.25) is 0 Å². The molecular weight excluding hydrogens is 238 g/mol. The van der Waals surface area contributed by atoms with Gasteiger partial charge in [-0.1, -0.05) is 11.6 Å². The molecule has 0 aliphatic rings. The zero-order valence-electron chi connectivity index (χ0n) is 11.4. The molecule has 0 fully saturated rings. The Hall–Kier alpha value is -2.10. The predicted molar refractivity (Wildman–Crippen MR) is 76.8 cm³/mol. The Morgan fingerprint density at radius 1 is 1.42 bits per heavy atom. The van der Waals surface area contributed by atoms with Crippen molar-refractivity contribution in [2.24, 2.45) is 4.99 Å². The van der Waals surface area contributed by atoms with Gasteiger partial charge >= 0.3 is 0 Å². The zero-order chi connectivity index (χ0) is 13.7. The van der Waals surface area contributed by atoms with Crippen LogP contribution in [0.4, 0.5) is 0 Å². The van der Waals surface area contributed by atoms with Gasteiger partial charge in [0.15, 0.2) is 0 Å². The van der Waals surface area contributed by atoms with Crippen molar-refractivity contribution in [1.29, 1.82) is 0 Å². The van der Waals surface area contributed by atoms with E-state index in [9.17, 15) is 5.11 Å². The van der Waals surface area contributed by atoms with Gasteiger partial charge in [-0.15, -0.1) is 0 Å². The molecule has 0 unspecified atom stereocenters. The number of phenolic OH excluding ortho intramolecular Hbond substituents is 1. The van der Waals surface area contributed by atoms with Crippen molar-refractivity contribution in [3.8, 4) is 5.75 Å². The maximum atomic E-state index is 9.82. The second kappa shape index (κ2) is 6.18. The Kier molecular flexibility index (Phi) is 4.34. The highest BCUT2D eigenvalue weighted by molar-refractivity contribution is 6.01. The Labute approximate surface area is 113 Å². The first-order valence-electron chi connectivity index (χ1n) is 6.43. The Morgan fingerprint density at radius 2 is 2.26 bits per heavy atom. The molecular formula is C15H19N3O. The molecule has 0 spiro atoms. The Bertz CT molecular complexity index is 559. The van der Waals surface area contributed by atoms with Gasteiger partial charge in [0, 0.05) is 36.8 Å². The van der Waals surface area contributed by atoms with Crippen LogP contribution < -0.4 is 0 Å². The fourth-order valence-electron chi connectivity index (χ4n) is 1.94. The van der Waals surface area contributed by atoms with Gasteiger partial charge < -0.3 is 9.67 Å². The smallest absolute Gasteiger partial charge is 0.124 e. The molecule has 0 aliphatic heterocycles. The molecule has 100 valence electrons. The first kappa shape index (κ1) is 13.3. The molecule has 0 saturated heterocycles. The van der Waals surface area contributed by atoms with Gasteiger partial charge in [0.1, 0.15) is 5.75 Å². The standard InChI is InChI=1S/C15H19N3O/c1-12-4-5-15(19)14(10-12)13(2)17-6-3-8-18-9-7-16-11-18/h4-5,7,9-11,19H,3,6,8H2,1-2H3. The molecule has 19 heavy (non-hydrogen) atoms. The number of aromatic nitrogens is 2. The molecule has 0 aliphatic carbocycles. The fourth-order valence-corrected chi connectivity index (χ4v) is 1.94. The lowest BCUT2D eigenvalue weighted by Crippen LogP contribution is -2.00. The number of rotatable bonds is 5. The van der Waals surface area contributed by atoms with E-state index in [0.29, 0.717) is 5.75 Å². The van der Waals surface area contributed by atoms with Crippen LogP contribution in [0.3, 0.4) is 0 Å². The van der Waals surface area contributed by atoms with Gasteiger partial charge in [-0.2, -0.15) is 0 Å². The van der Waals surface area contributed by atoms with Crippen LogP contribution in [-0.4, -0.2) is 26.9 Å². The molecule has 0 bridgehead atoms. The van der Waals surface area contributed by atoms with Gasteiger partial charge in [0.25, 0.3) is 0 Å². The maximum absolute atomic E-state index is 9.82. The second-order valence-electron chi connectivity index (χ2n) is 4.64. The number of aliphatic imine (C=N–C) groups is 1. The predicted octanol–water partition coefficient (Wildman–Crippen LogP) is 2.80. The van der Waals surface area contributed by atoms with Crippen molar-refractivity contribution in [1.82, 2.24) is 9.55 Å². The minimum atomic E-state index is 0.293. The summed E-state index contributed by atoms with van der Waals surface area (Å²) in [7, 11) is 0. The van der Waals surface area contributed by atoms with E-state index in [1.54, 1.807) is 12.3 Å². The quantitative estimate of drug-likeness (QED) is 0.661. The monoisotopic (exact) mass is 257 g/mol. The molecule has 2 aromatic rings. The maximum Gasteiger partial charge on any atom is 0.124 e. The molecule has 1 N–H and O–H groups in total. The minimum Gasteiger partial charge on any atom is -0.507 e. The van der Waals surface area contributed by atoms with Crippen LogP contribution in [-0.2, 0) is 6.54 Å². The van der Waals surface area contributed by atoms with Crippen LogP contribution in [0.5, 0.6) is 5.75 Å². The summed E-state index contributed by atoms with van der Waals surface area (Å²) >= 11 is 0. The van der Waals surface area contributed by atoms with E-state index in [0.717, 1.165) is 36.3 Å². The lowest BCUT2D eigenvalue weighted by molar-refractivity contribution is 0.474. The number of imidazole rings is 1. The van der Waals surface area contributed by atoms with E-state index in [4.69, 9.17) is 0 Å². The molecule has 0 amide bonds. The molecule has 1 aromatic heterocycles. The second-order valence-corrected chi connectivity index (χ2v) is 4.64. The molecule has 4 nitrogen and oxygen atoms in total. The van der Waals surface area contributed by atoms with E-state index in [-0.39, 0.29) is 0 Å². The van der Waals surface area contributed by atoms with Crippen LogP contribution >= 0.6 is 0 Å². The SMILES string of the molecule is CC(=NCCCn1ccnc1)c1cc(C)ccc1O. The van der Waals surface area contributed by atoms with Crippen molar-refractivity contribution in [2.45, 2.75) is 26.8 Å². The number of nitrogens with zero attached hydrogens (tertiary/aromatic N) is 3. The van der Waals surface area contributed by atoms with Crippen molar-refractivity contribution >= 4 is 5.71 Å². The molecule has 0 radical (unpaired) electrons. The number of aromatic hydroxyl groups is 1. The van der Waals surface area contributed by atoms with Crippen molar-refractivity contribution in [3.05, 3.63) is 48.0 Å². The highest BCUT2D eigenvalue weighted by Crippen LogP contribution is 2.19. The first-order valence-corrected chi connectivity index (χ1v) is 6.43. The minimum absolute atomic E-state index is 0.293. The third-order valence-corrected chi connectivity index (χ3v) is 3.02. The topological polar surface area (TPSA) is 50.4 Å². The zero-order valence-corrected chi connectivity index (χ0v) is 11.4. The Morgan fingerprint density at radius 3 is 3.00 bits per heavy atom. The van der Waals surface area contributed by atoms with E-state index >= 15 is 0 Å². The highest BCUT2D eigenvalue weighted by atomic mass is 16.3. The lowest BCUT2D eigenvalue weighted by atomic mass is 10.1. The third-order valence-electron chi connectivity index (χ3n) is 3.02. The van der Waals surface area contributed by atoms with Crippen LogP contribution in [0.1, 0.15) is 24.5 Å². The number of hydrogen-bond acceptors (Lipinski definition) is 3. The molecule has 0 atom stereocenters. The van der Waals surface area contributed by atoms with E-state index in [2.05, 4.69) is 9.98 Å². The molecule has 1 heterocycles. The van der Waals surface area contributed by atoms with E-state index < -0.39 is 0 Å². The van der Waals surface area contributed by atoms with E-state index in [1.165, 1.54) is 0 Å². The van der Waals surface area contributed by atoms with Gasteiger partial charge in [-0.25, -0.2) is 4.98 Å². The molecule has 0 saturated carbocycles. The number of benzene rings is 1. The van der Waals surface area contributed by atoms with Crippen molar-refractivity contribution in [2.75, 3.05) is 6.54 Å². The lowest BCUT2D eigenvalue weighted by Gasteiger charge is -2.06. The molecule has 2 rings (SSSR count). The van der Waals surface area contributed by atoms with Crippen LogP contribution in [0.25, 0.3) is 0 Å². The normalized spacial score (nSPS) is 11.8. The van der Waals surface area contributed by atoms with Gasteiger partial charge in [0.2, 0.25) is 0 Å². The highest BCUT2D eigenvalue weighted by Gasteiger charge is 2.04. The summed E-state index contributed by atoms with van der Waals surface area (Å²) in [5.74, 6) is 0.293.